The highest BCUT2D eigenvalue weighted by Crippen LogP contribution is 2.05. The molecule has 0 saturated heterocycles. The lowest BCUT2D eigenvalue weighted by molar-refractivity contribution is -0.116. The molecular formula is C11H12FNO2. The van der Waals surface area contributed by atoms with Gasteiger partial charge in [0, 0.05) is 5.56 Å². The predicted octanol–water partition coefficient (Wildman–Crippen LogP) is 1.47. The number of amides is 1. The first-order valence-corrected chi connectivity index (χ1v) is 4.56. The Bertz CT molecular complexity index is 359. The number of carbonyl (C=O) groups is 2. The van der Waals surface area contributed by atoms with Crippen molar-refractivity contribution in [2.45, 2.75) is 13.6 Å². The number of benzene rings is 1. The Balaban J connectivity index is 2.62. The van der Waals surface area contributed by atoms with Crippen LogP contribution in [0.1, 0.15) is 22.8 Å². The lowest BCUT2D eigenvalue weighted by atomic mass is 10.1. The second-order valence-electron chi connectivity index (χ2n) is 3.22. The van der Waals surface area contributed by atoms with Crippen molar-refractivity contribution in [3.63, 3.8) is 0 Å². The number of alkyl halides is 1. The number of hydrogen-bond acceptors (Lipinski definition) is 2. The van der Waals surface area contributed by atoms with Gasteiger partial charge in [0.2, 0.25) is 0 Å². The highest BCUT2D eigenvalue weighted by atomic mass is 19.1. The summed E-state index contributed by atoms with van der Waals surface area (Å²) in [5, 5.41) is 2.45. The van der Waals surface area contributed by atoms with Crippen LogP contribution < -0.4 is 5.32 Å². The molecule has 0 bridgehead atoms. The monoisotopic (exact) mass is 209 g/mol. The zero-order valence-electron chi connectivity index (χ0n) is 8.42. The molecule has 0 radical (unpaired) electrons. The normalized spacial score (nSPS) is 9.73. The molecule has 0 aliphatic rings. The van der Waals surface area contributed by atoms with E-state index in [1.54, 1.807) is 12.1 Å². The first-order chi connectivity index (χ1) is 7.13. The molecule has 1 rings (SSSR count). The number of rotatable bonds is 4. The van der Waals surface area contributed by atoms with Crippen molar-refractivity contribution in [3.05, 3.63) is 35.4 Å². The summed E-state index contributed by atoms with van der Waals surface area (Å²) in [5.41, 5.74) is 0.951. The molecule has 3 nitrogen and oxygen atoms in total. The van der Waals surface area contributed by atoms with Gasteiger partial charge in [-0.3, -0.25) is 9.59 Å². The van der Waals surface area contributed by atoms with Crippen molar-refractivity contribution in [2.24, 2.45) is 0 Å². The highest BCUT2D eigenvalue weighted by molar-refractivity contribution is 5.96. The molecule has 1 N–H and O–H groups in total. The molecule has 1 aromatic carbocycles. The van der Waals surface area contributed by atoms with Gasteiger partial charge in [0.25, 0.3) is 5.91 Å². The Morgan fingerprint density at radius 1 is 1.27 bits per heavy atom. The minimum absolute atomic E-state index is 0.0176. The molecular weight excluding hydrogens is 197 g/mol. The highest BCUT2D eigenvalue weighted by Gasteiger charge is 2.05. The minimum Gasteiger partial charge on any atom is -0.345 e. The Labute approximate surface area is 87.3 Å². The van der Waals surface area contributed by atoms with Crippen LogP contribution >= 0.6 is 0 Å². The van der Waals surface area contributed by atoms with Crippen molar-refractivity contribution >= 4 is 11.7 Å². The standard InChI is InChI=1S/C11H12FNO2/c1-8(14)7-13-11(15)10-4-2-9(6-12)3-5-10/h2-5H,6-7H2,1H3,(H,13,15). The van der Waals surface area contributed by atoms with E-state index in [1.165, 1.54) is 19.1 Å². The third kappa shape index (κ3) is 3.50. The van der Waals surface area contributed by atoms with E-state index >= 15 is 0 Å². The molecule has 0 heterocycles. The molecule has 0 fully saturated rings. The molecule has 0 aliphatic heterocycles. The van der Waals surface area contributed by atoms with Crippen molar-refractivity contribution in [1.29, 1.82) is 0 Å². The van der Waals surface area contributed by atoms with E-state index in [2.05, 4.69) is 5.32 Å². The number of Topliss-reactive ketones (excluding diaryl/α,β-unsaturated/α-hetero) is 1. The van der Waals surface area contributed by atoms with E-state index in [9.17, 15) is 14.0 Å². The number of halogens is 1. The van der Waals surface area contributed by atoms with Crippen LogP contribution in [0.5, 0.6) is 0 Å². The molecule has 0 saturated carbocycles. The topological polar surface area (TPSA) is 46.2 Å². The van der Waals surface area contributed by atoms with Crippen LogP contribution in [0.4, 0.5) is 4.39 Å². The molecule has 0 atom stereocenters. The zero-order valence-corrected chi connectivity index (χ0v) is 8.42. The lowest BCUT2D eigenvalue weighted by Gasteiger charge is -2.03. The van der Waals surface area contributed by atoms with E-state index < -0.39 is 6.67 Å². The molecule has 4 heteroatoms. The summed E-state index contributed by atoms with van der Waals surface area (Å²) in [6.07, 6.45) is 0. The minimum atomic E-state index is -0.546. The summed E-state index contributed by atoms with van der Waals surface area (Å²) in [6.45, 7) is 0.867. The van der Waals surface area contributed by atoms with Gasteiger partial charge in [-0.1, -0.05) is 12.1 Å². The van der Waals surface area contributed by atoms with Gasteiger partial charge in [0.05, 0.1) is 6.54 Å². The molecule has 1 aromatic rings. The quantitative estimate of drug-likeness (QED) is 0.816. The fraction of sp³-hybridized carbons (Fsp3) is 0.273. The number of carbonyl (C=O) groups excluding carboxylic acids is 2. The van der Waals surface area contributed by atoms with E-state index in [-0.39, 0.29) is 18.2 Å². The van der Waals surface area contributed by atoms with Crippen molar-refractivity contribution in [1.82, 2.24) is 5.32 Å². The maximum atomic E-state index is 12.2. The predicted molar refractivity (Wildman–Crippen MR) is 54.3 cm³/mol. The van der Waals surface area contributed by atoms with Gasteiger partial charge in [0.1, 0.15) is 12.5 Å². The van der Waals surface area contributed by atoms with Crippen LogP contribution in [0.15, 0.2) is 24.3 Å². The van der Waals surface area contributed by atoms with E-state index in [1.807, 2.05) is 0 Å². The zero-order chi connectivity index (χ0) is 11.3. The summed E-state index contributed by atoms with van der Waals surface area (Å²) in [5.74, 6) is -0.431. The summed E-state index contributed by atoms with van der Waals surface area (Å²) in [7, 11) is 0. The summed E-state index contributed by atoms with van der Waals surface area (Å²) >= 11 is 0. The average molecular weight is 209 g/mol. The van der Waals surface area contributed by atoms with E-state index in [0.29, 0.717) is 11.1 Å². The third-order valence-electron chi connectivity index (χ3n) is 1.87. The van der Waals surface area contributed by atoms with Gasteiger partial charge in [-0.05, 0) is 24.6 Å². The van der Waals surface area contributed by atoms with Gasteiger partial charge in [-0.25, -0.2) is 4.39 Å². The average Bonchev–Trinajstić information content (AvgIpc) is 2.26. The molecule has 0 aliphatic carbocycles. The van der Waals surface area contributed by atoms with Gasteiger partial charge >= 0.3 is 0 Å². The van der Waals surface area contributed by atoms with Gasteiger partial charge in [-0.2, -0.15) is 0 Å². The van der Waals surface area contributed by atoms with Gasteiger partial charge in [0.15, 0.2) is 0 Å². The third-order valence-corrected chi connectivity index (χ3v) is 1.87. The van der Waals surface area contributed by atoms with E-state index in [0.717, 1.165) is 0 Å². The molecule has 0 spiro atoms. The number of nitrogens with one attached hydrogen (secondary N) is 1. The van der Waals surface area contributed by atoms with Gasteiger partial charge in [-0.15, -0.1) is 0 Å². The van der Waals surface area contributed by atoms with Crippen LogP contribution in [-0.4, -0.2) is 18.2 Å². The number of hydrogen-bond donors (Lipinski definition) is 1. The van der Waals surface area contributed by atoms with Crippen molar-refractivity contribution in [2.75, 3.05) is 6.54 Å². The Hall–Kier alpha value is -1.71. The molecule has 0 aromatic heterocycles. The van der Waals surface area contributed by atoms with Crippen LogP contribution in [0.25, 0.3) is 0 Å². The van der Waals surface area contributed by atoms with Crippen LogP contribution in [0, 0.1) is 0 Å². The van der Waals surface area contributed by atoms with E-state index in [4.69, 9.17) is 0 Å². The molecule has 15 heavy (non-hydrogen) atoms. The molecule has 80 valence electrons. The molecule has 1 amide bonds. The summed E-state index contributed by atoms with van der Waals surface area (Å²) in [4.78, 5) is 22.0. The smallest absolute Gasteiger partial charge is 0.251 e. The van der Waals surface area contributed by atoms with Gasteiger partial charge < -0.3 is 5.32 Å². The fourth-order valence-corrected chi connectivity index (χ4v) is 1.05. The van der Waals surface area contributed by atoms with Crippen LogP contribution in [0.2, 0.25) is 0 Å². The summed E-state index contributed by atoms with van der Waals surface area (Å²) < 4.78 is 12.2. The maximum absolute atomic E-state index is 12.2. The first kappa shape index (κ1) is 11.4. The fourth-order valence-electron chi connectivity index (χ4n) is 1.05. The largest absolute Gasteiger partial charge is 0.345 e. The van der Waals surface area contributed by atoms with Crippen LogP contribution in [0.3, 0.4) is 0 Å². The van der Waals surface area contributed by atoms with Crippen LogP contribution in [-0.2, 0) is 11.5 Å². The SMILES string of the molecule is CC(=O)CNC(=O)c1ccc(CF)cc1. The maximum Gasteiger partial charge on any atom is 0.251 e. The molecule has 0 unspecified atom stereocenters. The number of ketones is 1. The Morgan fingerprint density at radius 3 is 2.33 bits per heavy atom. The van der Waals surface area contributed by atoms with Crippen molar-refractivity contribution < 1.29 is 14.0 Å². The summed E-state index contributed by atoms with van der Waals surface area (Å²) in [6, 6.07) is 6.15. The lowest BCUT2D eigenvalue weighted by Crippen LogP contribution is -2.28. The first-order valence-electron chi connectivity index (χ1n) is 4.56. The Kier molecular flexibility index (Phi) is 3.97. The second kappa shape index (κ2) is 5.24. The second-order valence-corrected chi connectivity index (χ2v) is 3.22. The van der Waals surface area contributed by atoms with Crippen molar-refractivity contribution in [3.8, 4) is 0 Å². The Morgan fingerprint density at radius 2 is 1.87 bits per heavy atom.